The molecule has 0 saturated carbocycles. The van der Waals surface area contributed by atoms with Gasteiger partial charge in [0.25, 0.3) is 0 Å². The first-order valence-electron chi connectivity index (χ1n) is 8.14. The van der Waals surface area contributed by atoms with E-state index in [1.807, 2.05) is 28.9 Å². The molecule has 0 saturated heterocycles. The van der Waals surface area contributed by atoms with Crippen molar-refractivity contribution in [3.8, 4) is 0 Å². The van der Waals surface area contributed by atoms with Crippen LogP contribution in [0.5, 0.6) is 0 Å². The van der Waals surface area contributed by atoms with Gasteiger partial charge >= 0.3 is 0 Å². The largest absolute Gasteiger partial charge is 0.354 e. The molecule has 3 aromatic rings. The summed E-state index contributed by atoms with van der Waals surface area (Å²) in [6.45, 7) is 2.08. The number of carbonyl (C=O) groups excluding carboxylic acids is 1. The van der Waals surface area contributed by atoms with E-state index >= 15 is 0 Å². The van der Waals surface area contributed by atoms with Gasteiger partial charge in [0.15, 0.2) is 0 Å². The molecule has 3 N–H and O–H groups in total. The highest BCUT2D eigenvalue weighted by atomic mass is 35.5. The number of nitrogens with zero attached hydrogens (tertiary/aromatic N) is 4. The summed E-state index contributed by atoms with van der Waals surface area (Å²) < 4.78 is 1.87. The van der Waals surface area contributed by atoms with Gasteiger partial charge in [0.1, 0.15) is 11.6 Å². The van der Waals surface area contributed by atoms with Crippen LogP contribution in [0.4, 0.5) is 0 Å². The second kappa shape index (κ2) is 8.98. The number of carbonyl (C=O) groups is 1. The molecule has 0 radical (unpaired) electrons. The van der Waals surface area contributed by atoms with E-state index in [2.05, 4.69) is 30.9 Å². The predicted molar refractivity (Wildman–Crippen MR) is 103 cm³/mol. The first-order valence-corrected chi connectivity index (χ1v) is 8.14. The number of imidazole rings is 1. The van der Waals surface area contributed by atoms with Gasteiger partial charge in [-0.2, -0.15) is 0 Å². The van der Waals surface area contributed by atoms with E-state index in [0.717, 1.165) is 41.8 Å². The van der Waals surface area contributed by atoms with Crippen molar-refractivity contribution in [3.05, 3.63) is 42.0 Å². The molecule has 0 spiro atoms. The van der Waals surface area contributed by atoms with E-state index in [0.29, 0.717) is 13.1 Å². The lowest BCUT2D eigenvalue weighted by Gasteiger charge is -2.22. The van der Waals surface area contributed by atoms with Crippen LogP contribution >= 0.6 is 24.8 Å². The Kier molecular flexibility index (Phi) is 6.96. The molecule has 1 amide bonds. The van der Waals surface area contributed by atoms with E-state index in [4.69, 9.17) is 0 Å². The molecule has 2 aromatic heterocycles. The van der Waals surface area contributed by atoms with Gasteiger partial charge in [0, 0.05) is 31.7 Å². The number of amides is 1. The van der Waals surface area contributed by atoms with Crippen molar-refractivity contribution in [2.45, 2.75) is 25.4 Å². The third kappa shape index (κ3) is 3.98. The number of aromatic amines is 1. The van der Waals surface area contributed by atoms with Gasteiger partial charge in [0.2, 0.25) is 5.91 Å². The van der Waals surface area contributed by atoms with Gasteiger partial charge < -0.3 is 15.6 Å². The van der Waals surface area contributed by atoms with Crippen LogP contribution in [0.25, 0.3) is 11.0 Å². The first-order chi connectivity index (χ1) is 11.8. The van der Waals surface area contributed by atoms with Crippen molar-refractivity contribution < 1.29 is 4.79 Å². The Labute approximate surface area is 163 Å². The van der Waals surface area contributed by atoms with Crippen LogP contribution in [-0.4, -0.2) is 44.0 Å². The maximum Gasteiger partial charge on any atom is 0.243 e. The summed E-state index contributed by atoms with van der Waals surface area (Å²) >= 11 is 0. The van der Waals surface area contributed by atoms with Crippen molar-refractivity contribution in [2.75, 3.05) is 13.1 Å². The number of benzene rings is 1. The van der Waals surface area contributed by atoms with E-state index in [1.165, 1.54) is 0 Å². The van der Waals surface area contributed by atoms with E-state index in [9.17, 15) is 4.79 Å². The summed E-state index contributed by atoms with van der Waals surface area (Å²) in [7, 11) is 0. The summed E-state index contributed by atoms with van der Waals surface area (Å²) in [5.74, 6) is -0.0356. The number of nitrogens with one attached hydrogen (secondary N) is 3. The summed E-state index contributed by atoms with van der Waals surface area (Å²) in [6, 6.07) is 7.49. The molecule has 8 nitrogen and oxygen atoms in total. The molecule has 0 bridgehead atoms. The van der Waals surface area contributed by atoms with Crippen LogP contribution in [0.15, 0.2) is 30.6 Å². The zero-order valence-corrected chi connectivity index (χ0v) is 15.6. The van der Waals surface area contributed by atoms with Crippen LogP contribution in [0, 0.1) is 0 Å². The highest BCUT2D eigenvalue weighted by Gasteiger charge is 2.27. The van der Waals surface area contributed by atoms with Crippen molar-refractivity contribution in [2.24, 2.45) is 0 Å². The molecule has 1 aliphatic heterocycles. The molecule has 10 heteroatoms. The number of halogens is 2. The molecule has 1 atom stereocenters. The molecule has 140 valence electrons. The van der Waals surface area contributed by atoms with Crippen molar-refractivity contribution in [1.82, 2.24) is 35.6 Å². The molecule has 0 fully saturated rings. The minimum Gasteiger partial charge on any atom is -0.354 e. The summed E-state index contributed by atoms with van der Waals surface area (Å²) in [4.78, 5) is 19.7. The summed E-state index contributed by atoms with van der Waals surface area (Å²) in [5, 5.41) is 14.5. The van der Waals surface area contributed by atoms with Crippen LogP contribution in [0.1, 0.15) is 23.9 Å². The van der Waals surface area contributed by atoms with Crippen LogP contribution in [0.2, 0.25) is 0 Å². The van der Waals surface area contributed by atoms with E-state index < -0.39 is 0 Å². The average Bonchev–Trinajstić information content (AvgIpc) is 3.25. The van der Waals surface area contributed by atoms with Crippen molar-refractivity contribution in [1.29, 1.82) is 0 Å². The van der Waals surface area contributed by atoms with Crippen LogP contribution in [0.3, 0.4) is 0 Å². The summed E-state index contributed by atoms with van der Waals surface area (Å²) in [5.41, 5.74) is 3.75. The predicted octanol–water partition coefficient (Wildman–Crippen LogP) is 1.39. The lowest BCUT2D eigenvalue weighted by atomic mass is 10.1. The van der Waals surface area contributed by atoms with E-state index in [1.54, 1.807) is 6.33 Å². The SMILES string of the molecule is Cl.Cl.O=C(NCCCn1nnc2ccccc21)C1NCCc2[nH]cnc21. The molecule has 1 aliphatic rings. The van der Waals surface area contributed by atoms with Gasteiger partial charge in [-0.1, -0.05) is 17.3 Å². The van der Waals surface area contributed by atoms with E-state index in [-0.39, 0.29) is 36.8 Å². The Morgan fingerprint density at radius 1 is 1.31 bits per heavy atom. The number of fused-ring (bicyclic) bond motifs is 2. The number of rotatable bonds is 5. The maximum atomic E-state index is 12.4. The van der Waals surface area contributed by atoms with Crippen molar-refractivity contribution >= 4 is 41.8 Å². The number of para-hydroxylation sites is 1. The molecule has 0 aliphatic carbocycles. The minimum atomic E-state index is -0.368. The number of aromatic nitrogens is 5. The molecule has 1 unspecified atom stereocenters. The lowest BCUT2D eigenvalue weighted by Crippen LogP contribution is -2.42. The van der Waals surface area contributed by atoms with Gasteiger partial charge in [-0.25, -0.2) is 9.67 Å². The zero-order valence-electron chi connectivity index (χ0n) is 14.0. The van der Waals surface area contributed by atoms with Gasteiger partial charge in [-0.05, 0) is 18.6 Å². The Hall–Kier alpha value is -2.16. The van der Waals surface area contributed by atoms with Gasteiger partial charge in [-0.3, -0.25) is 4.79 Å². The molecule has 3 heterocycles. The minimum absolute atomic E-state index is 0. The third-order valence-corrected chi connectivity index (χ3v) is 4.28. The second-order valence-corrected chi connectivity index (χ2v) is 5.85. The molecule has 26 heavy (non-hydrogen) atoms. The van der Waals surface area contributed by atoms with Crippen LogP contribution in [-0.2, 0) is 17.8 Å². The summed E-state index contributed by atoms with van der Waals surface area (Å²) in [6.07, 6.45) is 3.31. The third-order valence-electron chi connectivity index (χ3n) is 4.28. The fraction of sp³-hybridized carbons (Fsp3) is 0.375. The highest BCUT2D eigenvalue weighted by molar-refractivity contribution is 5.85. The fourth-order valence-corrected chi connectivity index (χ4v) is 3.06. The topological polar surface area (TPSA) is 101 Å². The Morgan fingerprint density at radius 2 is 2.15 bits per heavy atom. The first kappa shape index (κ1) is 20.2. The molecule has 4 rings (SSSR count). The standard InChI is InChI=1S/C16H19N7O.2ClH/c24-16(15-14-12(6-8-17-15)19-10-20-14)18-7-3-9-23-13-5-2-1-4-11(13)21-22-23;;/h1-2,4-5,10,15,17H,3,6-9H2,(H,18,24)(H,19,20);2*1H. The smallest absolute Gasteiger partial charge is 0.243 e. The zero-order chi connectivity index (χ0) is 16.4. The monoisotopic (exact) mass is 397 g/mol. The second-order valence-electron chi connectivity index (χ2n) is 5.85. The Balaban J connectivity index is 0.00000121. The number of H-pyrrole nitrogens is 1. The van der Waals surface area contributed by atoms with Crippen LogP contribution < -0.4 is 10.6 Å². The van der Waals surface area contributed by atoms with Gasteiger partial charge in [0.05, 0.1) is 17.5 Å². The molecular formula is C16H21Cl2N7O. The Morgan fingerprint density at radius 3 is 3.04 bits per heavy atom. The lowest BCUT2D eigenvalue weighted by molar-refractivity contribution is -0.123. The molecule has 1 aromatic carbocycles. The van der Waals surface area contributed by atoms with Gasteiger partial charge in [-0.15, -0.1) is 29.9 Å². The quantitative estimate of drug-likeness (QED) is 0.564. The highest BCUT2D eigenvalue weighted by Crippen LogP contribution is 2.19. The fourth-order valence-electron chi connectivity index (χ4n) is 3.06. The number of aryl methyl sites for hydroxylation is 1. The van der Waals surface area contributed by atoms with Crippen molar-refractivity contribution in [3.63, 3.8) is 0 Å². The maximum absolute atomic E-state index is 12.4. The normalized spacial score (nSPS) is 15.6. The number of hydrogen-bond donors (Lipinski definition) is 3. The number of hydrogen-bond acceptors (Lipinski definition) is 5. The Bertz CT molecular complexity index is 863. The molecular weight excluding hydrogens is 377 g/mol. The average molecular weight is 398 g/mol.